The van der Waals surface area contributed by atoms with E-state index in [1.54, 1.807) is 0 Å². The lowest BCUT2D eigenvalue weighted by atomic mass is 10.2. The molecule has 76 valence electrons. The van der Waals surface area contributed by atoms with Gasteiger partial charge in [-0.2, -0.15) is 8.78 Å². The minimum absolute atomic E-state index is 0.711. The van der Waals surface area contributed by atoms with Crippen LogP contribution in [0.5, 0.6) is 0 Å². The van der Waals surface area contributed by atoms with E-state index < -0.39 is 23.3 Å². The van der Waals surface area contributed by atoms with E-state index in [-0.39, 0.29) is 0 Å². The molecule has 0 atom stereocenters. The highest BCUT2D eigenvalue weighted by Crippen LogP contribution is 2.23. The number of rotatable bonds is 1. The van der Waals surface area contributed by atoms with Crippen LogP contribution in [0, 0.1) is 5.82 Å². The molecule has 0 bridgehead atoms. The molecule has 0 aliphatic heterocycles. The highest BCUT2D eigenvalue weighted by atomic mass is 19.3. The van der Waals surface area contributed by atoms with E-state index in [1.807, 2.05) is 0 Å². The van der Waals surface area contributed by atoms with Crippen LogP contribution in [-0.4, -0.2) is 0 Å². The van der Waals surface area contributed by atoms with Gasteiger partial charge in [0.05, 0.1) is 5.56 Å². The Morgan fingerprint density at radius 3 is 1.93 bits per heavy atom. The van der Waals surface area contributed by atoms with Gasteiger partial charge in [-0.3, -0.25) is 0 Å². The zero-order valence-corrected chi connectivity index (χ0v) is 7.24. The van der Waals surface area contributed by atoms with Crippen molar-refractivity contribution in [1.29, 1.82) is 0 Å². The third kappa shape index (κ3) is 3.05. The van der Waals surface area contributed by atoms with Crippen LogP contribution >= 0.6 is 0 Å². The first-order valence-corrected chi connectivity index (χ1v) is 3.58. The summed E-state index contributed by atoms with van der Waals surface area (Å²) in [4.78, 5) is 0. The Hall–Kier alpha value is -1.58. The van der Waals surface area contributed by atoms with Gasteiger partial charge < -0.3 is 0 Å². The number of benzene rings is 1. The number of hydrogen-bond donors (Lipinski definition) is 0. The summed E-state index contributed by atoms with van der Waals surface area (Å²) in [6, 6.07) is 4.44. The fourth-order valence-corrected chi connectivity index (χ4v) is 0.741. The Morgan fingerprint density at radius 1 is 1.00 bits per heavy atom. The molecular formula is C10H8F4. The predicted molar refractivity (Wildman–Crippen MR) is 47.9 cm³/mol. The quantitative estimate of drug-likeness (QED) is 0.476. The number of halogens is 4. The van der Waals surface area contributed by atoms with E-state index in [4.69, 9.17) is 0 Å². The Morgan fingerprint density at radius 2 is 1.50 bits per heavy atom. The molecule has 0 N–H and O–H groups in total. The molecule has 1 rings (SSSR count). The molecule has 0 saturated carbocycles. The lowest BCUT2D eigenvalue weighted by Crippen LogP contribution is -1.85. The van der Waals surface area contributed by atoms with Crippen molar-refractivity contribution in [2.45, 2.75) is 0 Å². The minimum atomic E-state index is -2.51. The third-order valence-electron chi connectivity index (χ3n) is 1.28. The van der Waals surface area contributed by atoms with Gasteiger partial charge in [0.1, 0.15) is 5.82 Å². The first-order chi connectivity index (χ1) is 6.63. The summed E-state index contributed by atoms with van der Waals surface area (Å²) in [7, 11) is 0. The van der Waals surface area contributed by atoms with E-state index in [0.717, 1.165) is 12.1 Å². The highest BCUT2D eigenvalue weighted by Gasteiger charge is 2.11. The van der Waals surface area contributed by atoms with Crippen molar-refractivity contribution < 1.29 is 17.6 Å². The Labute approximate surface area is 79.2 Å². The van der Waals surface area contributed by atoms with Crippen LogP contribution in [0.3, 0.4) is 0 Å². The second-order valence-electron chi connectivity index (χ2n) is 2.05. The zero-order valence-electron chi connectivity index (χ0n) is 7.24. The normalized spacial score (nSPS) is 8.57. The molecule has 0 fully saturated rings. The van der Waals surface area contributed by atoms with Gasteiger partial charge in [0.15, 0.2) is 5.83 Å². The maximum absolute atomic E-state index is 12.6. The lowest BCUT2D eigenvalue weighted by Gasteiger charge is -1.96. The molecule has 0 heterocycles. The maximum atomic E-state index is 12.6. The van der Waals surface area contributed by atoms with Crippen molar-refractivity contribution in [2.24, 2.45) is 0 Å². The van der Waals surface area contributed by atoms with E-state index in [1.165, 1.54) is 12.1 Å². The molecular weight excluding hydrogens is 196 g/mol. The molecule has 0 radical (unpaired) electrons. The molecule has 0 saturated heterocycles. The third-order valence-corrected chi connectivity index (χ3v) is 1.28. The molecule has 0 unspecified atom stereocenters. The van der Waals surface area contributed by atoms with Crippen LogP contribution < -0.4 is 0 Å². The van der Waals surface area contributed by atoms with Crippen molar-refractivity contribution in [3.8, 4) is 0 Å². The van der Waals surface area contributed by atoms with Crippen LogP contribution in [-0.2, 0) is 0 Å². The van der Waals surface area contributed by atoms with Crippen LogP contribution in [0.4, 0.5) is 17.6 Å². The van der Waals surface area contributed by atoms with Gasteiger partial charge in [-0.05, 0) is 12.1 Å². The summed E-state index contributed by atoms with van der Waals surface area (Å²) in [6.45, 7) is 6.00. The molecule has 4 heteroatoms. The number of hydrogen-bond acceptors (Lipinski definition) is 0. The Balaban J connectivity index is 0.000000791. The smallest absolute Gasteiger partial charge is 0.206 e. The van der Waals surface area contributed by atoms with Crippen LogP contribution in [0.25, 0.3) is 5.83 Å². The van der Waals surface area contributed by atoms with Gasteiger partial charge in [-0.15, -0.1) is 13.2 Å². The van der Waals surface area contributed by atoms with Gasteiger partial charge in [0, 0.05) is 0 Å². The summed E-state index contributed by atoms with van der Waals surface area (Å²) in [6.07, 6.45) is -2.51. The summed E-state index contributed by atoms with van der Waals surface area (Å²) >= 11 is 0. The molecule has 0 aromatic heterocycles. The Bertz CT molecular complexity index is 327. The van der Waals surface area contributed by atoms with E-state index in [9.17, 15) is 17.6 Å². The van der Waals surface area contributed by atoms with Gasteiger partial charge >= 0.3 is 6.08 Å². The summed E-state index contributed by atoms with van der Waals surface area (Å²) in [5.41, 5.74) is -0.711. The van der Waals surface area contributed by atoms with Crippen molar-refractivity contribution in [2.75, 3.05) is 0 Å². The second kappa shape index (κ2) is 5.96. The first-order valence-electron chi connectivity index (χ1n) is 3.58. The van der Waals surface area contributed by atoms with Crippen LogP contribution in [0.15, 0.2) is 43.5 Å². The fraction of sp³-hybridized carbons (Fsp3) is 0. The SMILES string of the molecule is C=C.FC(F)=C(F)c1ccccc1F. The second-order valence-corrected chi connectivity index (χ2v) is 2.05. The standard InChI is InChI=1S/C8H4F4.C2H4/c9-6-4-2-1-3-5(6)7(10)8(11)12;1-2/h1-4H;1-2H2. The maximum Gasteiger partial charge on any atom is 0.306 e. The highest BCUT2D eigenvalue weighted by molar-refractivity contribution is 5.59. The summed E-state index contributed by atoms with van der Waals surface area (Å²) < 4.78 is 48.3. The van der Waals surface area contributed by atoms with Gasteiger partial charge in [-0.1, -0.05) is 12.1 Å². The largest absolute Gasteiger partial charge is 0.306 e. The van der Waals surface area contributed by atoms with Crippen LogP contribution in [0.1, 0.15) is 5.56 Å². The van der Waals surface area contributed by atoms with Gasteiger partial charge in [0.25, 0.3) is 0 Å². The monoisotopic (exact) mass is 204 g/mol. The fourth-order valence-electron chi connectivity index (χ4n) is 0.741. The van der Waals surface area contributed by atoms with E-state index in [0.29, 0.717) is 0 Å². The van der Waals surface area contributed by atoms with E-state index in [2.05, 4.69) is 13.2 Å². The van der Waals surface area contributed by atoms with Crippen molar-refractivity contribution in [3.05, 3.63) is 54.9 Å². The van der Waals surface area contributed by atoms with Crippen molar-refractivity contribution >= 4 is 5.83 Å². The lowest BCUT2D eigenvalue weighted by molar-refractivity contribution is 0.409. The Kier molecular flexibility index (Phi) is 5.29. The summed E-state index contributed by atoms with van der Waals surface area (Å²) in [5.74, 6) is -2.81. The first kappa shape index (κ1) is 12.4. The average Bonchev–Trinajstić information content (AvgIpc) is 2.20. The molecule has 0 amide bonds. The zero-order chi connectivity index (χ0) is 11.1. The molecule has 0 spiro atoms. The minimum Gasteiger partial charge on any atom is -0.206 e. The topological polar surface area (TPSA) is 0 Å². The van der Waals surface area contributed by atoms with Gasteiger partial charge in [0.2, 0.25) is 0 Å². The van der Waals surface area contributed by atoms with E-state index >= 15 is 0 Å². The molecule has 1 aromatic carbocycles. The molecule has 14 heavy (non-hydrogen) atoms. The van der Waals surface area contributed by atoms with Gasteiger partial charge in [-0.25, -0.2) is 8.78 Å². The van der Waals surface area contributed by atoms with Crippen molar-refractivity contribution in [3.63, 3.8) is 0 Å². The molecule has 0 aliphatic rings. The molecule has 0 nitrogen and oxygen atoms in total. The summed E-state index contributed by atoms with van der Waals surface area (Å²) in [5, 5.41) is 0. The molecule has 0 aliphatic carbocycles. The predicted octanol–water partition coefficient (Wildman–Crippen LogP) is 4.16. The van der Waals surface area contributed by atoms with Crippen molar-refractivity contribution in [1.82, 2.24) is 0 Å². The van der Waals surface area contributed by atoms with Crippen LogP contribution in [0.2, 0.25) is 0 Å². The average molecular weight is 204 g/mol. The molecule has 1 aromatic rings.